The van der Waals surface area contributed by atoms with Gasteiger partial charge in [0.15, 0.2) is 34.7 Å². The lowest BCUT2D eigenvalue weighted by atomic mass is 10.1. The number of fused-ring (bicyclic) bond motifs is 2. The largest absolute Gasteiger partial charge is 0.506 e. The van der Waals surface area contributed by atoms with E-state index in [-0.39, 0.29) is 18.0 Å². The van der Waals surface area contributed by atoms with Crippen LogP contribution in [0.3, 0.4) is 0 Å². The van der Waals surface area contributed by atoms with Crippen molar-refractivity contribution in [3.63, 3.8) is 0 Å². The molecule has 0 unspecified atom stereocenters. The molecule has 0 aliphatic heterocycles. The number of anilines is 1. The summed E-state index contributed by atoms with van der Waals surface area (Å²) < 4.78 is 56.0. The van der Waals surface area contributed by atoms with Crippen LogP contribution in [0.1, 0.15) is 5.82 Å². The van der Waals surface area contributed by atoms with Gasteiger partial charge in [-0.15, -0.1) is 10.2 Å². The second-order valence-electron chi connectivity index (χ2n) is 6.73. The molecule has 0 saturated carbocycles. The number of aromatic nitrogens is 6. The minimum atomic E-state index is -1.92. The summed E-state index contributed by atoms with van der Waals surface area (Å²) in [6.07, 6.45) is 2.81. The highest BCUT2D eigenvalue weighted by atomic mass is 19.2. The van der Waals surface area contributed by atoms with Crippen LogP contribution in [0.15, 0.2) is 42.7 Å². The van der Waals surface area contributed by atoms with Gasteiger partial charge in [0.05, 0.1) is 29.6 Å². The Morgan fingerprint density at radius 1 is 0.938 bits per heavy atom. The van der Waals surface area contributed by atoms with E-state index in [4.69, 9.17) is 0 Å². The third-order valence-electron chi connectivity index (χ3n) is 4.71. The average Bonchev–Trinajstić information content (AvgIpc) is 3.20. The molecule has 160 valence electrons. The SMILES string of the molecule is Oc1cnc2c(NCc3nnc4ccc(-c5cc(F)c(F)c(F)c5F)nn34)ccnc2c1. The Labute approximate surface area is 176 Å². The summed E-state index contributed by atoms with van der Waals surface area (Å²) >= 11 is 0. The second kappa shape index (κ2) is 7.41. The van der Waals surface area contributed by atoms with Gasteiger partial charge in [-0.05, 0) is 24.3 Å². The highest BCUT2D eigenvalue weighted by Crippen LogP contribution is 2.27. The fourth-order valence-corrected chi connectivity index (χ4v) is 3.18. The molecule has 0 aliphatic carbocycles. The highest BCUT2D eigenvalue weighted by Gasteiger charge is 2.21. The number of rotatable bonds is 4. The lowest BCUT2D eigenvalue weighted by molar-refractivity contribution is 0.410. The maximum atomic E-state index is 14.2. The number of halogens is 4. The molecule has 0 aliphatic rings. The molecule has 12 heteroatoms. The van der Waals surface area contributed by atoms with Gasteiger partial charge in [-0.1, -0.05) is 0 Å². The van der Waals surface area contributed by atoms with Gasteiger partial charge in [0.25, 0.3) is 0 Å². The molecule has 0 amide bonds. The molecule has 8 nitrogen and oxygen atoms in total. The Morgan fingerprint density at radius 2 is 1.78 bits per heavy atom. The van der Waals surface area contributed by atoms with Crippen LogP contribution in [-0.2, 0) is 6.54 Å². The van der Waals surface area contributed by atoms with Crippen molar-refractivity contribution < 1.29 is 22.7 Å². The third-order valence-corrected chi connectivity index (χ3v) is 4.71. The van der Waals surface area contributed by atoms with Crippen molar-refractivity contribution in [1.82, 2.24) is 29.8 Å². The van der Waals surface area contributed by atoms with Crippen LogP contribution >= 0.6 is 0 Å². The molecule has 1 aromatic carbocycles. The molecule has 5 rings (SSSR count). The molecular formula is C20H11F4N7O. The van der Waals surface area contributed by atoms with Crippen LogP contribution in [0.5, 0.6) is 5.75 Å². The first-order valence-electron chi connectivity index (χ1n) is 9.14. The van der Waals surface area contributed by atoms with Gasteiger partial charge in [-0.2, -0.15) is 9.61 Å². The van der Waals surface area contributed by atoms with Gasteiger partial charge in [0.1, 0.15) is 11.3 Å². The molecule has 0 spiro atoms. The fourth-order valence-electron chi connectivity index (χ4n) is 3.18. The molecule has 0 radical (unpaired) electrons. The van der Waals surface area contributed by atoms with Crippen molar-refractivity contribution in [2.45, 2.75) is 6.54 Å². The molecule has 32 heavy (non-hydrogen) atoms. The van der Waals surface area contributed by atoms with Crippen molar-refractivity contribution in [1.29, 1.82) is 0 Å². The first-order valence-corrected chi connectivity index (χ1v) is 9.14. The third kappa shape index (κ3) is 3.21. The maximum absolute atomic E-state index is 14.2. The summed E-state index contributed by atoms with van der Waals surface area (Å²) in [5, 5.41) is 24.8. The van der Waals surface area contributed by atoms with Crippen molar-refractivity contribution >= 4 is 22.4 Å². The summed E-state index contributed by atoms with van der Waals surface area (Å²) in [6.45, 7) is 0.105. The van der Waals surface area contributed by atoms with Crippen LogP contribution in [0.2, 0.25) is 0 Å². The van der Waals surface area contributed by atoms with Crippen LogP contribution in [0.25, 0.3) is 27.9 Å². The van der Waals surface area contributed by atoms with Crippen molar-refractivity contribution in [3.8, 4) is 17.0 Å². The fraction of sp³-hybridized carbons (Fsp3) is 0.0500. The van der Waals surface area contributed by atoms with Crippen LogP contribution in [0, 0.1) is 23.3 Å². The molecule has 4 heterocycles. The minimum absolute atomic E-state index is 0.0248. The van der Waals surface area contributed by atoms with E-state index in [2.05, 4.69) is 30.6 Å². The van der Waals surface area contributed by atoms with Gasteiger partial charge < -0.3 is 10.4 Å². The molecule has 4 aromatic heterocycles. The van der Waals surface area contributed by atoms with E-state index in [1.54, 1.807) is 6.07 Å². The number of aromatic hydroxyl groups is 1. The predicted octanol–water partition coefficient (Wildman–Crippen LogP) is 3.61. The van der Waals surface area contributed by atoms with E-state index in [0.717, 1.165) is 0 Å². The number of hydrogen-bond donors (Lipinski definition) is 2. The van der Waals surface area contributed by atoms with Crippen molar-refractivity contribution in [2.75, 3.05) is 5.32 Å². The van der Waals surface area contributed by atoms with E-state index in [1.165, 1.54) is 35.1 Å². The lowest BCUT2D eigenvalue weighted by Crippen LogP contribution is -2.08. The van der Waals surface area contributed by atoms with Gasteiger partial charge in [0, 0.05) is 17.8 Å². The zero-order valence-electron chi connectivity index (χ0n) is 15.9. The van der Waals surface area contributed by atoms with E-state index < -0.39 is 28.8 Å². The van der Waals surface area contributed by atoms with E-state index in [9.17, 15) is 22.7 Å². The number of pyridine rings is 2. The van der Waals surface area contributed by atoms with Crippen LogP contribution in [0.4, 0.5) is 23.2 Å². The topological polar surface area (TPSA) is 101 Å². The van der Waals surface area contributed by atoms with E-state index >= 15 is 0 Å². The second-order valence-corrected chi connectivity index (χ2v) is 6.73. The number of nitrogens with one attached hydrogen (secondary N) is 1. The number of nitrogens with zero attached hydrogens (tertiary/aromatic N) is 6. The van der Waals surface area contributed by atoms with E-state index in [0.29, 0.717) is 34.3 Å². The summed E-state index contributed by atoms with van der Waals surface area (Å²) in [5.41, 5.74) is 1.19. The minimum Gasteiger partial charge on any atom is -0.506 e. The van der Waals surface area contributed by atoms with Crippen molar-refractivity contribution in [3.05, 3.63) is 71.8 Å². The zero-order chi connectivity index (χ0) is 22.4. The van der Waals surface area contributed by atoms with Gasteiger partial charge in [0.2, 0.25) is 0 Å². The average molecular weight is 441 g/mol. The van der Waals surface area contributed by atoms with Crippen LogP contribution in [-0.4, -0.2) is 34.9 Å². The van der Waals surface area contributed by atoms with Gasteiger partial charge >= 0.3 is 0 Å². The Hall–Kier alpha value is -4.35. The summed E-state index contributed by atoms with van der Waals surface area (Å²) in [7, 11) is 0. The van der Waals surface area contributed by atoms with Gasteiger partial charge in [-0.25, -0.2) is 22.5 Å². The smallest absolute Gasteiger partial charge is 0.198 e. The molecular weight excluding hydrogens is 430 g/mol. The first kappa shape index (κ1) is 19.6. The highest BCUT2D eigenvalue weighted by molar-refractivity contribution is 5.87. The maximum Gasteiger partial charge on any atom is 0.198 e. The summed E-state index contributed by atoms with van der Waals surface area (Å²) in [5.74, 6) is -6.63. The predicted molar refractivity (Wildman–Crippen MR) is 105 cm³/mol. The Kier molecular flexibility index (Phi) is 4.54. The molecule has 2 N–H and O–H groups in total. The van der Waals surface area contributed by atoms with Gasteiger partial charge in [-0.3, -0.25) is 4.98 Å². The number of benzene rings is 1. The number of hydrogen-bond acceptors (Lipinski definition) is 7. The molecule has 5 aromatic rings. The monoisotopic (exact) mass is 441 g/mol. The first-order chi connectivity index (χ1) is 15.4. The summed E-state index contributed by atoms with van der Waals surface area (Å²) in [6, 6.07) is 6.40. The zero-order valence-corrected chi connectivity index (χ0v) is 15.9. The van der Waals surface area contributed by atoms with Crippen LogP contribution < -0.4 is 5.32 Å². The Morgan fingerprint density at radius 3 is 2.62 bits per heavy atom. The molecule has 0 bridgehead atoms. The quantitative estimate of drug-likeness (QED) is 0.250. The molecule has 0 fully saturated rings. The molecule has 0 saturated heterocycles. The Bertz CT molecular complexity index is 1510. The Balaban J connectivity index is 1.51. The molecule has 0 atom stereocenters. The van der Waals surface area contributed by atoms with Crippen molar-refractivity contribution in [2.24, 2.45) is 0 Å². The standard InChI is InChI=1S/C20H11F4N7O/c21-11-6-10(17(22)19(24)18(11)23)12-1-2-15-28-29-16(31(15)30-12)8-26-13-3-4-25-14-5-9(32)7-27-20(13)14/h1-7,32H,8H2,(H,25,26). The lowest BCUT2D eigenvalue weighted by Gasteiger charge is -2.09. The van der Waals surface area contributed by atoms with E-state index in [1.807, 2.05) is 0 Å². The summed E-state index contributed by atoms with van der Waals surface area (Å²) in [4.78, 5) is 8.29. The normalized spacial score (nSPS) is 11.4.